The number of benzene rings is 1. The Labute approximate surface area is 102 Å². The van der Waals surface area contributed by atoms with E-state index < -0.39 is 0 Å². The molecular weight excluding hydrogens is 208 g/mol. The molecule has 1 aromatic carbocycles. The van der Waals surface area contributed by atoms with Crippen LogP contribution in [0.3, 0.4) is 0 Å². The Morgan fingerprint density at radius 1 is 1.24 bits per heavy atom. The average Bonchev–Trinajstić information content (AvgIpc) is 3.05. The molecule has 1 saturated carbocycles. The lowest BCUT2D eigenvalue weighted by molar-refractivity contribution is 0.609. The molecule has 2 aromatic rings. The second-order valence-electron chi connectivity index (χ2n) is 5.34. The van der Waals surface area contributed by atoms with Crippen molar-refractivity contribution in [1.82, 2.24) is 4.98 Å². The summed E-state index contributed by atoms with van der Waals surface area (Å²) in [6, 6.07) is 10.8. The van der Waals surface area contributed by atoms with Crippen molar-refractivity contribution < 1.29 is 0 Å². The zero-order valence-corrected chi connectivity index (χ0v) is 10.2. The van der Waals surface area contributed by atoms with E-state index in [2.05, 4.69) is 35.3 Å². The summed E-state index contributed by atoms with van der Waals surface area (Å²) in [6.45, 7) is 2.03. The summed E-state index contributed by atoms with van der Waals surface area (Å²) < 4.78 is 0. The van der Waals surface area contributed by atoms with Crippen LogP contribution in [0.4, 0.5) is 0 Å². The number of nitrogens with two attached hydrogens (primary N) is 1. The van der Waals surface area contributed by atoms with Gasteiger partial charge in [0.05, 0.1) is 5.52 Å². The highest BCUT2D eigenvalue weighted by molar-refractivity contribution is 5.79. The molecule has 1 aliphatic rings. The summed E-state index contributed by atoms with van der Waals surface area (Å²) in [5.41, 5.74) is 9.80. The Morgan fingerprint density at radius 3 is 2.82 bits per heavy atom. The van der Waals surface area contributed by atoms with Crippen molar-refractivity contribution in [3.05, 3.63) is 41.6 Å². The highest BCUT2D eigenvalue weighted by atomic mass is 14.8. The van der Waals surface area contributed by atoms with Gasteiger partial charge in [-0.1, -0.05) is 12.1 Å². The van der Waals surface area contributed by atoms with Gasteiger partial charge in [0.2, 0.25) is 0 Å². The zero-order valence-electron chi connectivity index (χ0n) is 10.2. The van der Waals surface area contributed by atoms with Gasteiger partial charge in [0.25, 0.3) is 0 Å². The van der Waals surface area contributed by atoms with Gasteiger partial charge >= 0.3 is 0 Å². The fraction of sp³-hybridized carbons (Fsp3) is 0.400. The minimum absolute atomic E-state index is 0.153. The van der Waals surface area contributed by atoms with E-state index in [1.807, 2.05) is 6.92 Å². The van der Waals surface area contributed by atoms with Crippen molar-refractivity contribution in [2.75, 3.05) is 0 Å². The zero-order chi connectivity index (χ0) is 11.9. The monoisotopic (exact) mass is 226 g/mol. The first kappa shape index (κ1) is 10.7. The minimum atomic E-state index is 0.153. The molecule has 0 saturated heterocycles. The smallest absolute Gasteiger partial charge is 0.0705 e. The predicted molar refractivity (Wildman–Crippen MR) is 71.0 cm³/mol. The van der Waals surface area contributed by atoms with Gasteiger partial charge < -0.3 is 5.73 Å². The highest BCUT2D eigenvalue weighted by Gasteiger charge is 2.37. The van der Waals surface area contributed by atoms with Crippen LogP contribution in [-0.4, -0.2) is 10.5 Å². The molecule has 0 spiro atoms. The van der Waals surface area contributed by atoms with Gasteiger partial charge in [-0.2, -0.15) is 0 Å². The maximum atomic E-state index is 6.11. The second-order valence-corrected chi connectivity index (χ2v) is 5.34. The van der Waals surface area contributed by atoms with Crippen LogP contribution in [0, 0.1) is 6.92 Å². The first-order valence-electron chi connectivity index (χ1n) is 6.30. The topological polar surface area (TPSA) is 38.9 Å². The van der Waals surface area contributed by atoms with Crippen LogP contribution in [-0.2, 0) is 6.42 Å². The van der Waals surface area contributed by atoms with E-state index in [9.17, 15) is 0 Å². The van der Waals surface area contributed by atoms with Crippen molar-refractivity contribution in [3.8, 4) is 0 Å². The lowest BCUT2D eigenvalue weighted by atomic mass is 10.0. The number of aromatic nitrogens is 1. The Balaban J connectivity index is 1.83. The quantitative estimate of drug-likeness (QED) is 0.874. The van der Waals surface area contributed by atoms with Crippen molar-refractivity contribution in [1.29, 1.82) is 0 Å². The lowest BCUT2D eigenvalue weighted by Crippen LogP contribution is -2.22. The summed E-state index contributed by atoms with van der Waals surface area (Å²) >= 11 is 0. The first-order chi connectivity index (χ1) is 8.15. The Kier molecular flexibility index (Phi) is 2.40. The number of hydrogen-bond acceptors (Lipinski definition) is 2. The van der Waals surface area contributed by atoms with Crippen LogP contribution in [0.1, 0.15) is 30.5 Å². The van der Waals surface area contributed by atoms with E-state index in [4.69, 9.17) is 5.73 Å². The highest BCUT2D eigenvalue weighted by Crippen LogP contribution is 2.36. The van der Waals surface area contributed by atoms with Crippen LogP contribution in [0.2, 0.25) is 0 Å². The third kappa shape index (κ3) is 2.32. The van der Waals surface area contributed by atoms with Crippen molar-refractivity contribution in [3.63, 3.8) is 0 Å². The normalized spacial score (nSPS) is 17.3. The molecule has 0 bridgehead atoms. The van der Waals surface area contributed by atoms with Gasteiger partial charge in [0.15, 0.2) is 0 Å². The molecule has 0 radical (unpaired) electrons. The molecule has 1 aliphatic carbocycles. The van der Waals surface area contributed by atoms with Crippen molar-refractivity contribution in [2.24, 2.45) is 5.73 Å². The van der Waals surface area contributed by atoms with Gasteiger partial charge in [-0.3, -0.25) is 4.98 Å². The molecule has 0 amide bonds. The molecule has 0 atom stereocenters. The van der Waals surface area contributed by atoms with Crippen LogP contribution in [0.15, 0.2) is 30.3 Å². The number of nitrogens with zero attached hydrogens (tertiary/aromatic N) is 1. The van der Waals surface area contributed by atoms with Crippen LogP contribution < -0.4 is 5.73 Å². The van der Waals surface area contributed by atoms with E-state index in [1.54, 1.807) is 0 Å². The molecule has 0 aliphatic heterocycles. The summed E-state index contributed by atoms with van der Waals surface area (Å²) in [5, 5.41) is 1.23. The fourth-order valence-electron chi connectivity index (χ4n) is 2.24. The van der Waals surface area contributed by atoms with E-state index in [1.165, 1.54) is 23.8 Å². The molecule has 0 unspecified atom stereocenters. The third-order valence-corrected chi connectivity index (χ3v) is 3.70. The summed E-state index contributed by atoms with van der Waals surface area (Å²) in [4.78, 5) is 4.51. The molecule has 3 rings (SSSR count). The molecular formula is C15H18N2. The Morgan fingerprint density at radius 2 is 2.06 bits per heavy atom. The van der Waals surface area contributed by atoms with Gasteiger partial charge in [0, 0.05) is 16.6 Å². The first-order valence-corrected chi connectivity index (χ1v) is 6.30. The Hall–Kier alpha value is -1.41. The maximum absolute atomic E-state index is 6.11. The molecule has 1 aromatic heterocycles. The largest absolute Gasteiger partial charge is 0.325 e. The number of fused-ring (bicyclic) bond motifs is 1. The van der Waals surface area contributed by atoms with Gasteiger partial charge in [-0.05, 0) is 56.4 Å². The van der Waals surface area contributed by atoms with Crippen LogP contribution in [0.25, 0.3) is 10.9 Å². The molecule has 2 heteroatoms. The molecule has 1 heterocycles. The summed E-state index contributed by atoms with van der Waals surface area (Å²) in [7, 11) is 0. The maximum Gasteiger partial charge on any atom is 0.0705 e. The third-order valence-electron chi connectivity index (χ3n) is 3.70. The van der Waals surface area contributed by atoms with E-state index in [-0.39, 0.29) is 5.54 Å². The number of hydrogen-bond donors (Lipinski definition) is 1. The van der Waals surface area contributed by atoms with Crippen molar-refractivity contribution in [2.45, 2.75) is 38.1 Å². The second kappa shape index (κ2) is 3.81. The van der Waals surface area contributed by atoms with Gasteiger partial charge in [-0.15, -0.1) is 0 Å². The van der Waals surface area contributed by atoms with Gasteiger partial charge in [-0.25, -0.2) is 0 Å². The predicted octanol–water partition coefficient (Wildman–Crippen LogP) is 2.97. The molecule has 1 fully saturated rings. The molecule has 17 heavy (non-hydrogen) atoms. The Bertz CT molecular complexity index is 556. The summed E-state index contributed by atoms with van der Waals surface area (Å²) in [5.74, 6) is 0. The lowest BCUT2D eigenvalue weighted by Gasteiger charge is -2.08. The molecule has 2 N–H and O–H groups in total. The number of aryl methyl sites for hydroxylation is 2. The molecule has 88 valence electrons. The van der Waals surface area contributed by atoms with E-state index >= 15 is 0 Å². The van der Waals surface area contributed by atoms with Crippen molar-refractivity contribution >= 4 is 10.9 Å². The standard InChI is InChI=1S/C15H18N2/c1-11-2-4-13-10-12(3-5-14(13)17-11)6-7-15(16)8-9-15/h2-5,10H,6-9,16H2,1H3. The fourth-order valence-corrected chi connectivity index (χ4v) is 2.24. The summed E-state index contributed by atoms with van der Waals surface area (Å²) in [6.07, 6.45) is 4.58. The van der Waals surface area contributed by atoms with Gasteiger partial charge in [0.1, 0.15) is 0 Å². The van der Waals surface area contributed by atoms with Crippen LogP contribution in [0.5, 0.6) is 0 Å². The molecule has 2 nitrogen and oxygen atoms in total. The average molecular weight is 226 g/mol. The number of pyridine rings is 1. The SMILES string of the molecule is Cc1ccc2cc(CCC3(N)CC3)ccc2n1. The minimum Gasteiger partial charge on any atom is -0.325 e. The van der Waals surface area contributed by atoms with E-state index in [0.717, 1.165) is 24.1 Å². The van der Waals surface area contributed by atoms with E-state index in [0.29, 0.717) is 0 Å². The number of rotatable bonds is 3. The van der Waals surface area contributed by atoms with Crippen LogP contribution >= 0.6 is 0 Å².